The molecule has 2 heterocycles. The fourth-order valence-corrected chi connectivity index (χ4v) is 2.86. The number of benzene rings is 1. The molecule has 3 nitrogen and oxygen atoms in total. The van der Waals surface area contributed by atoms with Crippen molar-refractivity contribution in [2.24, 2.45) is 0 Å². The van der Waals surface area contributed by atoms with Crippen LogP contribution < -0.4 is 10.1 Å². The molecule has 0 saturated heterocycles. The Morgan fingerprint density at radius 2 is 2.30 bits per heavy atom. The van der Waals surface area contributed by atoms with Crippen LogP contribution >= 0.6 is 15.9 Å². The van der Waals surface area contributed by atoms with E-state index in [1.165, 1.54) is 5.56 Å². The number of pyridine rings is 1. The molecule has 0 fully saturated rings. The van der Waals surface area contributed by atoms with Crippen LogP contribution in [0.2, 0.25) is 0 Å². The topological polar surface area (TPSA) is 34.1 Å². The molecule has 104 valence electrons. The van der Waals surface area contributed by atoms with Crippen LogP contribution in [0.4, 0.5) is 0 Å². The minimum atomic E-state index is 0.200. The van der Waals surface area contributed by atoms with Gasteiger partial charge in [0.1, 0.15) is 11.9 Å². The molecule has 2 atom stereocenters. The van der Waals surface area contributed by atoms with Crippen LogP contribution in [0.5, 0.6) is 5.75 Å². The smallest absolute Gasteiger partial charge is 0.123 e. The van der Waals surface area contributed by atoms with Gasteiger partial charge in [0.15, 0.2) is 0 Å². The van der Waals surface area contributed by atoms with Crippen molar-refractivity contribution >= 4 is 15.9 Å². The maximum atomic E-state index is 5.94. The summed E-state index contributed by atoms with van der Waals surface area (Å²) in [5, 5.41) is 3.49. The molecule has 0 radical (unpaired) electrons. The van der Waals surface area contributed by atoms with E-state index in [-0.39, 0.29) is 12.1 Å². The van der Waals surface area contributed by atoms with Crippen molar-refractivity contribution < 1.29 is 4.74 Å². The second-order valence-electron chi connectivity index (χ2n) is 5.08. The number of hydrogen-bond donors (Lipinski definition) is 1. The molecule has 3 rings (SSSR count). The average Bonchev–Trinajstić information content (AvgIpc) is 2.87. The molecule has 1 N–H and O–H groups in total. The van der Waals surface area contributed by atoms with E-state index in [1.807, 2.05) is 36.5 Å². The molecular weight excluding hydrogens is 316 g/mol. The first kappa shape index (κ1) is 13.6. The average molecular weight is 333 g/mol. The van der Waals surface area contributed by atoms with Crippen LogP contribution in [0, 0.1) is 0 Å². The first-order chi connectivity index (χ1) is 9.72. The van der Waals surface area contributed by atoms with Gasteiger partial charge in [-0.05, 0) is 42.8 Å². The van der Waals surface area contributed by atoms with Gasteiger partial charge in [-0.2, -0.15) is 0 Å². The summed E-state index contributed by atoms with van der Waals surface area (Å²) in [6, 6.07) is 12.4. The van der Waals surface area contributed by atoms with Crippen LogP contribution in [0.1, 0.15) is 24.2 Å². The Hall–Kier alpha value is -1.39. The zero-order chi connectivity index (χ0) is 13.9. The van der Waals surface area contributed by atoms with Gasteiger partial charge in [0.2, 0.25) is 0 Å². The van der Waals surface area contributed by atoms with E-state index in [0.29, 0.717) is 0 Å². The van der Waals surface area contributed by atoms with E-state index < -0.39 is 0 Å². The van der Waals surface area contributed by atoms with Gasteiger partial charge < -0.3 is 10.1 Å². The second-order valence-corrected chi connectivity index (χ2v) is 6.00. The fraction of sp³-hybridized carbons (Fsp3) is 0.312. The Balaban J connectivity index is 1.56. The van der Waals surface area contributed by atoms with Gasteiger partial charge in [0, 0.05) is 29.7 Å². The summed E-state index contributed by atoms with van der Waals surface area (Å²) in [7, 11) is 0. The molecule has 0 saturated carbocycles. The van der Waals surface area contributed by atoms with E-state index in [0.717, 1.165) is 28.9 Å². The van der Waals surface area contributed by atoms with Crippen molar-refractivity contribution in [3.05, 3.63) is 58.3 Å². The summed E-state index contributed by atoms with van der Waals surface area (Å²) in [4.78, 5) is 4.37. The molecule has 20 heavy (non-hydrogen) atoms. The number of halogens is 1. The SMILES string of the molecule is C[C@@H](NCC1Cc2cc(Br)ccc2O1)c1ccccn1. The summed E-state index contributed by atoms with van der Waals surface area (Å²) in [5.41, 5.74) is 2.34. The van der Waals surface area contributed by atoms with Gasteiger partial charge in [0.05, 0.1) is 5.69 Å². The number of nitrogens with zero attached hydrogens (tertiary/aromatic N) is 1. The molecule has 0 bridgehead atoms. The van der Waals surface area contributed by atoms with Crippen molar-refractivity contribution in [1.29, 1.82) is 0 Å². The number of aromatic nitrogens is 1. The molecule has 0 spiro atoms. The van der Waals surface area contributed by atoms with Crippen molar-refractivity contribution in [1.82, 2.24) is 10.3 Å². The standard InChI is InChI=1S/C16H17BrN2O/c1-11(15-4-2-3-7-18-15)19-10-14-9-12-8-13(17)5-6-16(12)20-14/h2-8,11,14,19H,9-10H2,1H3/t11-,14?/m1/s1. The highest BCUT2D eigenvalue weighted by atomic mass is 79.9. The Morgan fingerprint density at radius 1 is 1.40 bits per heavy atom. The summed E-state index contributed by atoms with van der Waals surface area (Å²) in [5.74, 6) is 1.01. The Bertz CT molecular complexity index is 588. The van der Waals surface area contributed by atoms with E-state index in [9.17, 15) is 0 Å². The first-order valence-corrected chi connectivity index (χ1v) is 7.61. The first-order valence-electron chi connectivity index (χ1n) is 6.82. The van der Waals surface area contributed by atoms with Crippen molar-refractivity contribution in [3.8, 4) is 5.75 Å². The molecule has 4 heteroatoms. The van der Waals surface area contributed by atoms with E-state index in [1.54, 1.807) is 0 Å². The van der Waals surface area contributed by atoms with Gasteiger partial charge in [-0.15, -0.1) is 0 Å². The predicted octanol–water partition coefficient (Wildman–Crippen LogP) is 3.50. The molecular formula is C16H17BrN2O. The molecule has 0 amide bonds. The largest absolute Gasteiger partial charge is 0.488 e. The lowest BCUT2D eigenvalue weighted by Gasteiger charge is -2.16. The van der Waals surface area contributed by atoms with E-state index >= 15 is 0 Å². The number of hydrogen-bond acceptors (Lipinski definition) is 3. The molecule has 1 aromatic carbocycles. The normalized spacial score (nSPS) is 18.4. The van der Waals surface area contributed by atoms with Crippen molar-refractivity contribution in [2.45, 2.75) is 25.5 Å². The monoisotopic (exact) mass is 332 g/mol. The molecule has 1 aliphatic heterocycles. The minimum absolute atomic E-state index is 0.200. The molecule has 2 aromatic rings. The van der Waals surface area contributed by atoms with Crippen LogP contribution in [0.3, 0.4) is 0 Å². The molecule has 1 aliphatic rings. The predicted molar refractivity (Wildman–Crippen MR) is 82.9 cm³/mol. The number of fused-ring (bicyclic) bond motifs is 1. The third-order valence-electron chi connectivity index (χ3n) is 3.55. The van der Waals surface area contributed by atoms with Gasteiger partial charge in [-0.1, -0.05) is 22.0 Å². The van der Waals surface area contributed by atoms with E-state index in [4.69, 9.17) is 4.74 Å². The highest BCUT2D eigenvalue weighted by Crippen LogP contribution is 2.31. The minimum Gasteiger partial charge on any atom is -0.488 e. The summed E-state index contributed by atoms with van der Waals surface area (Å²) in [6.07, 6.45) is 2.98. The molecule has 0 aliphatic carbocycles. The van der Waals surface area contributed by atoms with Gasteiger partial charge >= 0.3 is 0 Å². The fourth-order valence-electron chi connectivity index (χ4n) is 2.45. The van der Waals surface area contributed by atoms with Crippen LogP contribution in [0.15, 0.2) is 47.1 Å². The molecule has 1 unspecified atom stereocenters. The van der Waals surface area contributed by atoms with Gasteiger partial charge in [-0.3, -0.25) is 4.98 Å². The lowest BCUT2D eigenvalue weighted by atomic mass is 10.1. The van der Waals surface area contributed by atoms with Gasteiger partial charge in [-0.25, -0.2) is 0 Å². The second kappa shape index (κ2) is 5.94. The summed E-state index contributed by atoms with van der Waals surface area (Å²) in [6.45, 7) is 2.95. The maximum absolute atomic E-state index is 5.94. The number of nitrogens with one attached hydrogen (secondary N) is 1. The van der Waals surface area contributed by atoms with Crippen LogP contribution in [-0.2, 0) is 6.42 Å². The van der Waals surface area contributed by atoms with Crippen LogP contribution in [-0.4, -0.2) is 17.6 Å². The van der Waals surface area contributed by atoms with Gasteiger partial charge in [0.25, 0.3) is 0 Å². The third-order valence-corrected chi connectivity index (χ3v) is 4.04. The zero-order valence-corrected chi connectivity index (χ0v) is 12.9. The Kier molecular flexibility index (Phi) is 4.03. The zero-order valence-electron chi connectivity index (χ0n) is 11.3. The Labute approximate surface area is 127 Å². The van der Waals surface area contributed by atoms with E-state index in [2.05, 4.69) is 39.2 Å². The van der Waals surface area contributed by atoms with Crippen LogP contribution in [0.25, 0.3) is 0 Å². The highest BCUT2D eigenvalue weighted by Gasteiger charge is 2.23. The summed E-state index contributed by atoms with van der Waals surface area (Å²) < 4.78 is 7.05. The lowest BCUT2D eigenvalue weighted by molar-refractivity contribution is 0.222. The highest BCUT2D eigenvalue weighted by molar-refractivity contribution is 9.10. The maximum Gasteiger partial charge on any atom is 0.123 e. The summed E-state index contributed by atoms with van der Waals surface area (Å²) >= 11 is 3.50. The number of ether oxygens (including phenoxy) is 1. The van der Waals surface area contributed by atoms with Crippen molar-refractivity contribution in [3.63, 3.8) is 0 Å². The Morgan fingerprint density at radius 3 is 3.10 bits per heavy atom. The lowest BCUT2D eigenvalue weighted by Crippen LogP contribution is -2.32. The molecule has 1 aromatic heterocycles. The third kappa shape index (κ3) is 3.02. The van der Waals surface area contributed by atoms with Crippen molar-refractivity contribution in [2.75, 3.05) is 6.54 Å². The number of rotatable bonds is 4. The quantitative estimate of drug-likeness (QED) is 0.930.